The minimum Gasteiger partial charge on any atom is -0.494 e. The number of hydrogen-bond acceptors (Lipinski definition) is 3. The van der Waals surface area contributed by atoms with Crippen LogP contribution in [-0.2, 0) is 4.79 Å². The van der Waals surface area contributed by atoms with Crippen molar-refractivity contribution in [2.45, 2.75) is 19.3 Å². The molecule has 152 valence electrons. The van der Waals surface area contributed by atoms with Gasteiger partial charge in [0.25, 0.3) is 5.91 Å². The number of piperazine rings is 1. The fourth-order valence-corrected chi connectivity index (χ4v) is 3.95. The number of ether oxygens (including phenoxy) is 1. The zero-order valence-electron chi connectivity index (χ0n) is 16.5. The highest BCUT2D eigenvalue weighted by Gasteiger charge is 2.46. The predicted octanol–water partition coefficient (Wildman–Crippen LogP) is 3.31. The van der Waals surface area contributed by atoms with Gasteiger partial charge in [-0.15, -0.1) is 0 Å². The smallest absolute Gasteiger partial charge is 0.253 e. The summed E-state index contributed by atoms with van der Waals surface area (Å²) in [7, 11) is 0. The highest BCUT2D eigenvalue weighted by molar-refractivity contribution is 5.94. The summed E-state index contributed by atoms with van der Waals surface area (Å²) in [5.74, 6) is 0.786. The van der Waals surface area contributed by atoms with Crippen LogP contribution in [0.4, 0.5) is 4.39 Å². The Kier molecular flexibility index (Phi) is 5.51. The summed E-state index contributed by atoms with van der Waals surface area (Å²) in [6, 6.07) is 13.6. The molecule has 0 radical (unpaired) electrons. The van der Waals surface area contributed by atoms with Crippen LogP contribution >= 0.6 is 0 Å². The van der Waals surface area contributed by atoms with Crippen LogP contribution in [0.15, 0.2) is 48.5 Å². The molecule has 2 fully saturated rings. The quantitative estimate of drug-likeness (QED) is 0.779. The highest BCUT2D eigenvalue weighted by Crippen LogP contribution is 2.48. The highest BCUT2D eigenvalue weighted by atomic mass is 19.1. The van der Waals surface area contributed by atoms with E-state index in [1.807, 2.05) is 11.8 Å². The third-order valence-electron chi connectivity index (χ3n) is 5.70. The molecule has 4 rings (SSSR count). The largest absolute Gasteiger partial charge is 0.494 e. The van der Waals surface area contributed by atoms with Crippen LogP contribution in [0.2, 0.25) is 0 Å². The molecule has 1 saturated carbocycles. The van der Waals surface area contributed by atoms with Crippen molar-refractivity contribution in [3.8, 4) is 5.75 Å². The summed E-state index contributed by atoms with van der Waals surface area (Å²) in [4.78, 5) is 29.2. The molecule has 6 heteroatoms. The van der Waals surface area contributed by atoms with Crippen molar-refractivity contribution in [2.75, 3.05) is 32.8 Å². The average Bonchev–Trinajstić information content (AvgIpc) is 3.55. The Morgan fingerprint density at radius 1 is 0.966 bits per heavy atom. The Hall–Kier alpha value is -2.89. The number of carbonyl (C=O) groups excluding carboxylic acids is 2. The van der Waals surface area contributed by atoms with E-state index in [-0.39, 0.29) is 29.5 Å². The van der Waals surface area contributed by atoms with E-state index in [1.165, 1.54) is 12.1 Å². The second kappa shape index (κ2) is 8.23. The first-order valence-corrected chi connectivity index (χ1v) is 10.1. The minimum atomic E-state index is -0.259. The van der Waals surface area contributed by atoms with Crippen molar-refractivity contribution in [3.05, 3.63) is 65.5 Å². The van der Waals surface area contributed by atoms with Crippen molar-refractivity contribution in [1.29, 1.82) is 0 Å². The standard InChI is InChI=1S/C23H25FN2O3/c1-2-29-19-9-5-17(6-10-19)22(27)25-11-13-26(14-12-25)23(28)21-15-20(21)16-3-7-18(24)8-4-16/h3-10,20-21H,2,11-15H2,1H3/t20-,21-/m0/s1. The summed E-state index contributed by atoms with van der Waals surface area (Å²) in [5, 5.41) is 0. The van der Waals surface area contributed by atoms with Crippen LogP contribution in [0.3, 0.4) is 0 Å². The molecule has 1 aliphatic heterocycles. The molecule has 1 aliphatic carbocycles. The maximum absolute atomic E-state index is 13.1. The molecule has 2 aromatic rings. The van der Waals surface area contributed by atoms with E-state index >= 15 is 0 Å². The Morgan fingerprint density at radius 2 is 1.59 bits per heavy atom. The normalized spacial score (nSPS) is 21.0. The zero-order valence-corrected chi connectivity index (χ0v) is 16.5. The van der Waals surface area contributed by atoms with Crippen molar-refractivity contribution in [2.24, 2.45) is 5.92 Å². The molecule has 2 aromatic carbocycles. The van der Waals surface area contributed by atoms with Crippen molar-refractivity contribution < 1.29 is 18.7 Å². The predicted molar refractivity (Wildman–Crippen MR) is 107 cm³/mol. The van der Waals surface area contributed by atoms with Crippen LogP contribution < -0.4 is 4.74 Å². The Labute approximate surface area is 170 Å². The number of hydrogen-bond donors (Lipinski definition) is 0. The van der Waals surface area contributed by atoms with Crippen molar-refractivity contribution >= 4 is 11.8 Å². The summed E-state index contributed by atoms with van der Waals surface area (Å²) in [5.41, 5.74) is 1.65. The molecule has 0 N–H and O–H groups in total. The van der Waals surface area contributed by atoms with Gasteiger partial charge in [-0.3, -0.25) is 9.59 Å². The van der Waals surface area contributed by atoms with Crippen molar-refractivity contribution in [1.82, 2.24) is 9.80 Å². The summed E-state index contributed by atoms with van der Waals surface area (Å²) >= 11 is 0. The molecule has 29 heavy (non-hydrogen) atoms. The topological polar surface area (TPSA) is 49.9 Å². The molecule has 0 bridgehead atoms. The maximum atomic E-state index is 13.1. The lowest BCUT2D eigenvalue weighted by Crippen LogP contribution is -2.51. The lowest BCUT2D eigenvalue weighted by Gasteiger charge is -2.35. The van der Waals surface area contributed by atoms with E-state index in [0.717, 1.165) is 17.7 Å². The molecule has 2 amide bonds. The van der Waals surface area contributed by atoms with Gasteiger partial charge in [0.15, 0.2) is 0 Å². The number of halogens is 1. The van der Waals surface area contributed by atoms with Gasteiger partial charge in [0, 0.05) is 37.7 Å². The van der Waals surface area contributed by atoms with Crippen LogP contribution in [-0.4, -0.2) is 54.4 Å². The Morgan fingerprint density at radius 3 is 2.21 bits per heavy atom. The lowest BCUT2D eigenvalue weighted by atomic mass is 10.1. The van der Waals surface area contributed by atoms with E-state index in [4.69, 9.17) is 4.74 Å². The molecule has 0 spiro atoms. The number of amides is 2. The molecular weight excluding hydrogens is 371 g/mol. The monoisotopic (exact) mass is 396 g/mol. The van der Waals surface area contributed by atoms with Crippen LogP contribution in [0, 0.1) is 11.7 Å². The lowest BCUT2D eigenvalue weighted by molar-refractivity contribution is -0.134. The van der Waals surface area contributed by atoms with E-state index in [0.29, 0.717) is 38.3 Å². The number of nitrogens with zero attached hydrogens (tertiary/aromatic N) is 2. The first kappa shape index (κ1) is 19.4. The van der Waals surface area contributed by atoms with Gasteiger partial charge in [-0.25, -0.2) is 4.39 Å². The minimum absolute atomic E-state index is 0.0178. The fourth-order valence-electron chi connectivity index (χ4n) is 3.95. The van der Waals surface area contributed by atoms with E-state index in [1.54, 1.807) is 41.3 Å². The molecule has 5 nitrogen and oxygen atoms in total. The fraction of sp³-hybridized carbons (Fsp3) is 0.391. The summed E-state index contributed by atoms with van der Waals surface area (Å²) < 4.78 is 18.5. The van der Waals surface area contributed by atoms with Gasteiger partial charge in [-0.05, 0) is 61.2 Å². The second-order valence-corrected chi connectivity index (χ2v) is 7.58. The molecule has 2 aliphatic rings. The number of carbonyl (C=O) groups is 2. The molecule has 0 unspecified atom stereocenters. The maximum Gasteiger partial charge on any atom is 0.253 e. The molecule has 1 heterocycles. The van der Waals surface area contributed by atoms with E-state index in [2.05, 4.69) is 0 Å². The van der Waals surface area contributed by atoms with Gasteiger partial charge in [0.2, 0.25) is 5.91 Å². The summed E-state index contributed by atoms with van der Waals surface area (Å²) in [6.07, 6.45) is 0.815. The van der Waals surface area contributed by atoms with Gasteiger partial charge in [0.05, 0.1) is 6.61 Å². The van der Waals surface area contributed by atoms with Crippen LogP contribution in [0.5, 0.6) is 5.75 Å². The average molecular weight is 396 g/mol. The van der Waals surface area contributed by atoms with Crippen LogP contribution in [0.25, 0.3) is 0 Å². The SMILES string of the molecule is CCOc1ccc(C(=O)N2CCN(C(=O)[C@H]3C[C@H]3c3ccc(F)cc3)CC2)cc1. The van der Waals surface area contributed by atoms with Gasteiger partial charge in [-0.1, -0.05) is 12.1 Å². The number of rotatable bonds is 5. The third kappa shape index (κ3) is 4.26. The zero-order chi connectivity index (χ0) is 20.4. The molecule has 0 aromatic heterocycles. The van der Waals surface area contributed by atoms with Crippen LogP contribution in [0.1, 0.15) is 35.2 Å². The summed E-state index contributed by atoms with van der Waals surface area (Å²) in [6.45, 7) is 4.68. The second-order valence-electron chi connectivity index (χ2n) is 7.58. The van der Waals surface area contributed by atoms with Gasteiger partial charge < -0.3 is 14.5 Å². The molecule has 2 atom stereocenters. The van der Waals surface area contributed by atoms with Gasteiger partial charge in [-0.2, -0.15) is 0 Å². The first-order valence-electron chi connectivity index (χ1n) is 10.1. The Balaban J connectivity index is 1.29. The number of benzene rings is 2. The van der Waals surface area contributed by atoms with E-state index < -0.39 is 0 Å². The van der Waals surface area contributed by atoms with Gasteiger partial charge >= 0.3 is 0 Å². The third-order valence-corrected chi connectivity index (χ3v) is 5.70. The Bertz CT molecular complexity index is 874. The van der Waals surface area contributed by atoms with E-state index in [9.17, 15) is 14.0 Å². The molecular formula is C23H25FN2O3. The molecule has 1 saturated heterocycles. The first-order chi connectivity index (χ1) is 14.1. The van der Waals surface area contributed by atoms with Crippen molar-refractivity contribution in [3.63, 3.8) is 0 Å². The van der Waals surface area contributed by atoms with Gasteiger partial charge in [0.1, 0.15) is 11.6 Å².